The van der Waals surface area contributed by atoms with E-state index in [0.29, 0.717) is 6.01 Å². The summed E-state index contributed by atoms with van der Waals surface area (Å²) in [6.45, 7) is 3.54. The molecule has 2 aliphatic heterocycles. The number of hydrogen-bond acceptors (Lipinski definition) is 6. The molecule has 0 unspecified atom stereocenters. The number of ether oxygens (including phenoxy) is 3. The summed E-state index contributed by atoms with van der Waals surface area (Å²) in [6, 6.07) is 10.5. The number of rotatable bonds is 5. The average molecular weight is 341 g/mol. The summed E-state index contributed by atoms with van der Waals surface area (Å²) in [5.41, 5.74) is 1.21. The second-order valence-corrected chi connectivity index (χ2v) is 6.79. The summed E-state index contributed by atoms with van der Waals surface area (Å²) in [5, 5.41) is 0. The van der Waals surface area contributed by atoms with E-state index in [2.05, 4.69) is 27.0 Å². The van der Waals surface area contributed by atoms with Gasteiger partial charge in [-0.25, -0.2) is 9.97 Å². The van der Waals surface area contributed by atoms with Crippen LogP contribution >= 0.6 is 0 Å². The second-order valence-electron chi connectivity index (χ2n) is 6.79. The van der Waals surface area contributed by atoms with Gasteiger partial charge in [0.05, 0.1) is 19.3 Å². The predicted molar refractivity (Wildman–Crippen MR) is 92.6 cm³/mol. The van der Waals surface area contributed by atoms with E-state index in [-0.39, 0.29) is 11.7 Å². The van der Waals surface area contributed by atoms with Gasteiger partial charge in [0.1, 0.15) is 11.9 Å². The van der Waals surface area contributed by atoms with Gasteiger partial charge < -0.3 is 14.2 Å². The molecule has 2 aromatic rings. The molecule has 3 heterocycles. The van der Waals surface area contributed by atoms with Crippen LogP contribution in [-0.4, -0.2) is 53.4 Å². The molecule has 4 rings (SSSR count). The maximum atomic E-state index is 6.09. The Kier molecular flexibility index (Phi) is 4.55. The third-order valence-corrected chi connectivity index (χ3v) is 4.85. The van der Waals surface area contributed by atoms with Crippen LogP contribution in [0.3, 0.4) is 0 Å². The Morgan fingerprint density at radius 1 is 1.20 bits per heavy atom. The van der Waals surface area contributed by atoms with Crippen molar-refractivity contribution in [1.82, 2.24) is 14.9 Å². The summed E-state index contributed by atoms with van der Waals surface area (Å²) >= 11 is 0. The van der Waals surface area contributed by atoms with Crippen molar-refractivity contribution in [2.24, 2.45) is 0 Å². The van der Waals surface area contributed by atoms with Gasteiger partial charge in [-0.2, -0.15) is 0 Å². The maximum absolute atomic E-state index is 6.09. The molecule has 132 valence electrons. The molecular formula is C19H23N3O3. The van der Waals surface area contributed by atoms with Crippen molar-refractivity contribution in [1.29, 1.82) is 0 Å². The molecule has 0 N–H and O–H groups in total. The Labute approximate surface area is 147 Å². The first-order chi connectivity index (χ1) is 12.2. The quantitative estimate of drug-likeness (QED) is 0.832. The Bertz CT molecular complexity index is 687. The summed E-state index contributed by atoms with van der Waals surface area (Å²) < 4.78 is 17.2. The zero-order valence-electron chi connectivity index (χ0n) is 14.4. The van der Waals surface area contributed by atoms with Crippen LogP contribution in [0.2, 0.25) is 0 Å². The Morgan fingerprint density at radius 2 is 1.96 bits per heavy atom. The van der Waals surface area contributed by atoms with Gasteiger partial charge in [0.2, 0.25) is 0 Å². The molecule has 1 atom stereocenters. The lowest BCUT2D eigenvalue weighted by Gasteiger charge is -2.53. The molecule has 25 heavy (non-hydrogen) atoms. The smallest absolute Gasteiger partial charge is 0.316 e. The fourth-order valence-corrected chi connectivity index (χ4v) is 3.67. The predicted octanol–water partition coefficient (Wildman–Crippen LogP) is 2.30. The number of methoxy groups -OCH3 is 1. The molecule has 0 radical (unpaired) electrons. The molecule has 0 saturated carbocycles. The fraction of sp³-hybridized carbons (Fsp3) is 0.474. The summed E-state index contributed by atoms with van der Waals surface area (Å²) in [5.74, 6) is 0.891. The zero-order valence-corrected chi connectivity index (χ0v) is 14.4. The van der Waals surface area contributed by atoms with Gasteiger partial charge >= 0.3 is 6.01 Å². The van der Waals surface area contributed by atoms with Gasteiger partial charge in [0, 0.05) is 44.9 Å². The van der Waals surface area contributed by atoms with Crippen LogP contribution < -0.4 is 9.47 Å². The average Bonchev–Trinajstić information content (AvgIpc) is 2.62. The van der Waals surface area contributed by atoms with E-state index in [9.17, 15) is 0 Å². The molecule has 0 aliphatic carbocycles. The monoisotopic (exact) mass is 341 g/mol. The molecule has 2 aliphatic rings. The molecule has 1 aromatic heterocycles. The van der Waals surface area contributed by atoms with Crippen molar-refractivity contribution in [3.63, 3.8) is 0 Å². The number of hydrogen-bond donors (Lipinski definition) is 0. The highest BCUT2D eigenvalue weighted by atomic mass is 16.5. The molecular weight excluding hydrogens is 318 g/mol. The Balaban J connectivity index is 1.30. The summed E-state index contributed by atoms with van der Waals surface area (Å²) in [7, 11) is 1.69. The number of likely N-dealkylation sites (tertiary alicyclic amines) is 1. The van der Waals surface area contributed by atoms with E-state index in [4.69, 9.17) is 14.2 Å². The van der Waals surface area contributed by atoms with Crippen LogP contribution in [0, 0.1) is 0 Å². The van der Waals surface area contributed by atoms with E-state index in [1.54, 1.807) is 25.6 Å². The minimum Gasteiger partial charge on any atom is -0.497 e. The summed E-state index contributed by atoms with van der Waals surface area (Å²) in [6.07, 6.45) is 5.32. The third-order valence-electron chi connectivity index (χ3n) is 4.85. The molecule has 0 bridgehead atoms. The van der Waals surface area contributed by atoms with Crippen LogP contribution in [0.5, 0.6) is 11.8 Å². The first-order valence-electron chi connectivity index (χ1n) is 8.68. The van der Waals surface area contributed by atoms with Crippen molar-refractivity contribution in [2.75, 3.05) is 26.8 Å². The Morgan fingerprint density at radius 3 is 2.68 bits per heavy atom. The lowest BCUT2D eigenvalue weighted by molar-refractivity contribution is -0.188. The summed E-state index contributed by atoms with van der Waals surface area (Å²) in [4.78, 5) is 10.7. The van der Waals surface area contributed by atoms with Gasteiger partial charge in [-0.15, -0.1) is 0 Å². The number of aromatic nitrogens is 2. The van der Waals surface area contributed by atoms with Gasteiger partial charge in [0.25, 0.3) is 0 Å². The molecule has 2 fully saturated rings. The van der Waals surface area contributed by atoms with E-state index in [0.717, 1.165) is 44.8 Å². The number of benzene rings is 1. The van der Waals surface area contributed by atoms with Crippen molar-refractivity contribution in [3.05, 3.63) is 48.3 Å². The minimum absolute atomic E-state index is 0.0792. The van der Waals surface area contributed by atoms with E-state index >= 15 is 0 Å². The second kappa shape index (κ2) is 6.98. The highest BCUT2D eigenvalue weighted by molar-refractivity contribution is 5.27. The highest BCUT2D eigenvalue weighted by Gasteiger charge is 2.48. The number of nitrogens with zero attached hydrogens (tertiary/aromatic N) is 3. The van der Waals surface area contributed by atoms with E-state index in [1.165, 1.54) is 5.56 Å². The lowest BCUT2D eigenvalue weighted by atomic mass is 9.84. The van der Waals surface area contributed by atoms with Crippen molar-refractivity contribution >= 4 is 0 Å². The Hall–Kier alpha value is -2.18. The van der Waals surface area contributed by atoms with E-state index < -0.39 is 0 Å². The van der Waals surface area contributed by atoms with Crippen molar-refractivity contribution < 1.29 is 14.2 Å². The van der Waals surface area contributed by atoms with Gasteiger partial charge in [-0.1, -0.05) is 12.1 Å². The third kappa shape index (κ3) is 3.75. The van der Waals surface area contributed by atoms with Crippen LogP contribution in [0.25, 0.3) is 0 Å². The van der Waals surface area contributed by atoms with Gasteiger partial charge in [-0.05, 0) is 23.8 Å². The lowest BCUT2D eigenvalue weighted by Crippen LogP contribution is -2.65. The first kappa shape index (κ1) is 16.3. The first-order valence-corrected chi connectivity index (χ1v) is 8.68. The van der Waals surface area contributed by atoms with Crippen LogP contribution in [0.1, 0.15) is 18.4 Å². The van der Waals surface area contributed by atoms with Gasteiger partial charge in [0.15, 0.2) is 0 Å². The zero-order chi connectivity index (χ0) is 17.1. The van der Waals surface area contributed by atoms with Crippen LogP contribution in [-0.2, 0) is 11.3 Å². The molecule has 2 saturated heterocycles. The minimum atomic E-state index is -0.0792. The molecule has 1 spiro atoms. The largest absolute Gasteiger partial charge is 0.497 e. The van der Waals surface area contributed by atoms with Crippen LogP contribution in [0.15, 0.2) is 42.7 Å². The molecule has 6 nitrogen and oxygen atoms in total. The van der Waals surface area contributed by atoms with Crippen molar-refractivity contribution in [2.45, 2.75) is 31.1 Å². The molecule has 1 aromatic carbocycles. The van der Waals surface area contributed by atoms with Gasteiger partial charge in [-0.3, -0.25) is 4.90 Å². The maximum Gasteiger partial charge on any atom is 0.316 e. The molecule has 6 heteroatoms. The fourth-order valence-electron chi connectivity index (χ4n) is 3.67. The van der Waals surface area contributed by atoms with E-state index in [1.807, 2.05) is 12.1 Å². The normalized spacial score (nSPS) is 22.4. The SMILES string of the molecule is COc1ccc(CN2CC3(C[C@@H](Oc4ncccn4)CCO3)C2)cc1. The molecule has 0 amide bonds. The highest BCUT2D eigenvalue weighted by Crippen LogP contribution is 2.36. The standard InChI is InChI=1S/C19H23N3O3/c1-23-16-5-3-15(4-6-16)12-22-13-19(14-22)11-17(7-10-24-19)25-18-20-8-2-9-21-18/h2-6,8-9,17H,7,10-14H2,1H3/t17-/m0/s1. The van der Waals surface area contributed by atoms with Crippen LogP contribution in [0.4, 0.5) is 0 Å². The van der Waals surface area contributed by atoms with Crippen molar-refractivity contribution in [3.8, 4) is 11.8 Å². The topological polar surface area (TPSA) is 56.7 Å².